The number of nitrogens with one attached hydrogen (secondary N) is 1. The quantitative estimate of drug-likeness (QED) is 0.315. The van der Waals surface area contributed by atoms with E-state index in [4.69, 9.17) is 5.10 Å². The monoisotopic (exact) mass is 645 g/mol. The Kier molecular flexibility index (Phi) is 9.45. The summed E-state index contributed by atoms with van der Waals surface area (Å²) >= 11 is 0. The number of alkyl halides is 3. The smallest absolute Gasteiger partial charge is 0.353 e. The highest BCUT2D eigenvalue weighted by molar-refractivity contribution is 6.04. The number of halogens is 3. The predicted molar refractivity (Wildman–Crippen MR) is 174 cm³/mol. The third kappa shape index (κ3) is 7.73. The van der Waals surface area contributed by atoms with Crippen LogP contribution >= 0.6 is 0 Å². The molecule has 3 aromatic heterocycles. The van der Waals surface area contributed by atoms with Crippen LogP contribution in [0.2, 0.25) is 0 Å². The zero-order valence-electron chi connectivity index (χ0n) is 26.8. The summed E-state index contributed by atoms with van der Waals surface area (Å²) in [6, 6.07) is 9.89. The van der Waals surface area contributed by atoms with Crippen molar-refractivity contribution >= 4 is 23.1 Å². The molecule has 1 aromatic carbocycles. The lowest BCUT2D eigenvalue weighted by atomic mass is 10.0. The lowest BCUT2D eigenvalue weighted by Crippen LogP contribution is -2.49. The molecule has 1 amide bonds. The van der Waals surface area contributed by atoms with Crippen LogP contribution < -0.4 is 10.2 Å². The van der Waals surface area contributed by atoms with Crippen molar-refractivity contribution in [1.82, 2.24) is 34.3 Å². The number of aromatic nitrogens is 4. The topological polar surface area (TPSA) is 85.1 Å². The molecule has 2 saturated heterocycles. The van der Waals surface area contributed by atoms with Crippen molar-refractivity contribution in [3.05, 3.63) is 82.9 Å². The molecule has 13 heteroatoms. The number of benzene rings is 1. The Hall–Kier alpha value is -4.51. The lowest BCUT2D eigenvalue weighted by molar-refractivity contribution is -0.138. The van der Waals surface area contributed by atoms with Crippen molar-refractivity contribution in [3.8, 4) is 11.8 Å². The second kappa shape index (κ2) is 13.7. The van der Waals surface area contributed by atoms with E-state index in [0.717, 1.165) is 51.2 Å². The third-order valence-electron chi connectivity index (χ3n) is 8.72. The lowest BCUT2D eigenvalue weighted by Gasteiger charge is -2.37. The van der Waals surface area contributed by atoms with Gasteiger partial charge in [-0.2, -0.15) is 13.2 Å². The van der Waals surface area contributed by atoms with Gasteiger partial charge in [0.2, 0.25) is 0 Å². The molecule has 246 valence electrons. The molecule has 0 saturated carbocycles. The number of fused-ring (bicyclic) bond motifs is 1. The minimum Gasteiger partial charge on any atom is -0.353 e. The number of rotatable bonds is 6. The average molecular weight is 646 g/mol. The van der Waals surface area contributed by atoms with Crippen LogP contribution in [0.1, 0.15) is 46.6 Å². The van der Waals surface area contributed by atoms with E-state index in [1.807, 2.05) is 24.1 Å². The van der Waals surface area contributed by atoms with Crippen LogP contribution in [-0.4, -0.2) is 106 Å². The van der Waals surface area contributed by atoms with Gasteiger partial charge < -0.3 is 15.1 Å². The minimum atomic E-state index is -4.56. The molecule has 2 fully saturated rings. The Morgan fingerprint density at radius 1 is 0.936 bits per heavy atom. The van der Waals surface area contributed by atoms with E-state index < -0.39 is 17.6 Å². The van der Waals surface area contributed by atoms with Crippen LogP contribution in [0.15, 0.2) is 55.0 Å². The van der Waals surface area contributed by atoms with E-state index in [1.165, 1.54) is 24.5 Å². The summed E-state index contributed by atoms with van der Waals surface area (Å²) in [4.78, 5) is 30.5. The molecule has 4 aromatic rings. The maximum absolute atomic E-state index is 14.0. The number of anilines is 2. The van der Waals surface area contributed by atoms with E-state index in [9.17, 15) is 18.0 Å². The number of piperazine rings is 2. The summed E-state index contributed by atoms with van der Waals surface area (Å²) in [6.45, 7) is 11.3. The van der Waals surface area contributed by atoms with Gasteiger partial charge in [-0.3, -0.25) is 19.6 Å². The summed E-state index contributed by atoms with van der Waals surface area (Å²) < 4.78 is 43.8. The number of hydrogen-bond donors (Lipinski definition) is 1. The molecule has 47 heavy (non-hydrogen) atoms. The molecule has 0 aliphatic carbocycles. The summed E-state index contributed by atoms with van der Waals surface area (Å²) in [6.07, 6.45) is -0.0374. The van der Waals surface area contributed by atoms with E-state index in [0.29, 0.717) is 36.0 Å². The number of amides is 1. The molecule has 6 rings (SSSR count). The number of imidazole rings is 1. The fraction of sp³-hybridized carbons (Fsp3) is 0.412. The van der Waals surface area contributed by atoms with Gasteiger partial charge in [0.15, 0.2) is 5.65 Å². The molecule has 2 aliphatic rings. The number of pyridine rings is 1. The predicted octanol–water partition coefficient (Wildman–Crippen LogP) is 4.07. The number of carbonyl (C=O) groups is 1. The van der Waals surface area contributed by atoms with Crippen molar-refractivity contribution in [1.29, 1.82) is 0 Å². The van der Waals surface area contributed by atoms with Crippen molar-refractivity contribution in [2.45, 2.75) is 32.6 Å². The first kappa shape index (κ1) is 32.4. The van der Waals surface area contributed by atoms with Crippen molar-refractivity contribution in [3.63, 3.8) is 0 Å². The molecule has 10 nitrogen and oxygen atoms in total. The van der Waals surface area contributed by atoms with Gasteiger partial charge in [0.25, 0.3) is 5.91 Å². The summed E-state index contributed by atoms with van der Waals surface area (Å²) in [5, 5.41) is 7.39. The van der Waals surface area contributed by atoms with Crippen molar-refractivity contribution in [2.75, 3.05) is 69.6 Å². The Labute approximate surface area is 272 Å². The highest BCUT2D eigenvalue weighted by atomic mass is 19.4. The van der Waals surface area contributed by atoms with Crippen molar-refractivity contribution in [2.24, 2.45) is 0 Å². The molecule has 2 aliphatic heterocycles. The summed E-state index contributed by atoms with van der Waals surface area (Å²) in [5.41, 5.74) is 1.36. The average Bonchev–Trinajstić information content (AvgIpc) is 3.47. The van der Waals surface area contributed by atoms with Gasteiger partial charge in [0, 0.05) is 88.6 Å². The highest BCUT2D eigenvalue weighted by Gasteiger charge is 2.34. The molecule has 0 bridgehead atoms. The maximum atomic E-state index is 14.0. The van der Waals surface area contributed by atoms with Gasteiger partial charge in [-0.05, 0) is 62.7 Å². The van der Waals surface area contributed by atoms with E-state index in [-0.39, 0.29) is 23.4 Å². The molecule has 1 N–H and O–H groups in total. The van der Waals surface area contributed by atoms with E-state index in [2.05, 4.69) is 55.7 Å². The Bertz CT molecular complexity index is 1790. The first-order valence-electron chi connectivity index (χ1n) is 15.8. The Morgan fingerprint density at radius 3 is 2.43 bits per heavy atom. The van der Waals surface area contributed by atoms with Gasteiger partial charge in [0.1, 0.15) is 11.5 Å². The fourth-order valence-corrected chi connectivity index (χ4v) is 5.86. The minimum absolute atomic E-state index is 0.0548. The molecule has 0 radical (unpaired) electrons. The Morgan fingerprint density at radius 2 is 1.70 bits per heavy atom. The molecular weight excluding hydrogens is 607 g/mol. The summed E-state index contributed by atoms with van der Waals surface area (Å²) in [5.74, 6) is 6.37. The number of hydrogen-bond acceptors (Lipinski definition) is 8. The Balaban J connectivity index is 1.15. The van der Waals surface area contributed by atoms with Crippen LogP contribution in [0.5, 0.6) is 0 Å². The summed E-state index contributed by atoms with van der Waals surface area (Å²) in [7, 11) is 2.00. The second-order valence-corrected chi connectivity index (χ2v) is 12.3. The molecule has 0 atom stereocenters. The van der Waals surface area contributed by atoms with Crippen molar-refractivity contribution < 1.29 is 18.0 Å². The normalized spacial score (nSPS) is 16.8. The largest absolute Gasteiger partial charge is 0.416 e. The van der Waals surface area contributed by atoms with Crippen LogP contribution in [0.25, 0.3) is 5.65 Å². The first-order valence-corrected chi connectivity index (χ1v) is 15.8. The van der Waals surface area contributed by atoms with Gasteiger partial charge in [-0.15, -0.1) is 5.10 Å². The second-order valence-electron chi connectivity index (χ2n) is 12.3. The maximum Gasteiger partial charge on any atom is 0.416 e. The van der Waals surface area contributed by atoms with Gasteiger partial charge >= 0.3 is 6.18 Å². The molecule has 0 spiro atoms. The van der Waals surface area contributed by atoms with Gasteiger partial charge in [0.05, 0.1) is 17.3 Å². The fourth-order valence-electron chi connectivity index (χ4n) is 5.86. The van der Waals surface area contributed by atoms with E-state index >= 15 is 0 Å². The zero-order chi connectivity index (χ0) is 33.1. The van der Waals surface area contributed by atoms with E-state index in [1.54, 1.807) is 16.8 Å². The first-order chi connectivity index (χ1) is 22.5. The SMILES string of the molecule is CC(C)N1CCN(c2ccc3ncc(C#Cc4cncc(C(=O)Nc5ccc(CN6CCN(C)CC6)c(C(F)(F)F)c5)c4)n3n2)CC1. The number of nitrogens with zero attached hydrogens (tertiary/aromatic N) is 8. The molecular formula is C34H38F3N9O. The van der Waals surface area contributed by atoms with Crippen LogP contribution in [0.4, 0.5) is 24.7 Å². The van der Waals surface area contributed by atoms with Crippen LogP contribution in [-0.2, 0) is 12.7 Å². The third-order valence-corrected chi connectivity index (χ3v) is 8.72. The molecule has 0 unspecified atom stereocenters. The highest BCUT2D eigenvalue weighted by Crippen LogP contribution is 2.34. The van der Waals surface area contributed by atoms with Crippen LogP contribution in [0.3, 0.4) is 0 Å². The standard InChI is InChI=1S/C34H38F3N9O/c1-24(2)44-14-16-45(17-15-44)32-9-8-31-39-22-29(46(31)41-32)7-4-25-18-27(21-38-20-25)33(47)40-28-6-5-26(30(19-28)34(35,36)37)23-43-12-10-42(3)11-13-43/h5-6,8-9,18-22,24H,10-17,23H2,1-3H3,(H,40,47). The van der Waals surface area contributed by atoms with Crippen LogP contribution in [0, 0.1) is 11.8 Å². The zero-order valence-corrected chi connectivity index (χ0v) is 26.8. The number of likely N-dealkylation sites (N-methyl/N-ethyl adjacent to an activating group) is 1. The number of carbonyl (C=O) groups excluding carboxylic acids is 1. The molecule has 5 heterocycles. The van der Waals surface area contributed by atoms with Gasteiger partial charge in [-0.1, -0.05) is 12.0 Å². The van der Waals surface area contributed by atoms with Gasteiger partial charge in [-0.25, -0.2) is 9.50 Å².